The van der Waals surface area contributed by atoms with Gasteiger partial charge in [0.15, 0.2) is 0 Å². The van der Waals surface area contributed by atoms with Crippen LogP contribution in [0.1, 0.15) is 98.8 Å². The third-order valence-corrected chi connectivity index (χ3v) is 20.3. The van der Waals surface area contributed by atoms with Crippen molar-refractivity contribution >= 4 is 23.8 Å². The van der Waals surface area contributed by atoms with Gasteiger partial charge in [-0.25, -0.2) is 0 Å². The van der Waals surface area contributed by atoms with Gasteiger partial charge in [-0.2, -0.15) is 0 Å². The van der Waals surface area contributed by atoms with E-state index in [-0.39, 0.29) is 23.8 Å². The van der Waals surface area contributed by atoms with Gasteiger partial charge in [-0.3, -0.25) is 0 Å². The topological polar surface area (TPSA) is 0 Å². The van der Waals surface area contributed by atoms with Gasteiger partial charge in [-0.1, -0.05) is 96.9 Å². The molecule has 0 bridgehead atoms. The lowest BCUT2D eigenvalue weighted by molar-refractivity contribution is 0.447. The largest absolute Gasteiger partial charge is 0.0964 e. The van der Waals surface area contributed by atoms with E-state index in [0.29, 0.717) is 0 Å². The molecule has 0 spiro atoms. The predicted molar refractivity (Wildman–Crippen MR) is 125 cm³/mol. The predicted octanol–water partition coefficient (Wildman–Crippen LogP) is 8.85. The van der Waals surface area contributed by atoms with Crippen LogP contribution in [0.4, 0.5) is 0 Å². The monoisotopic (exact) mass is 402 g/mol. The smallest absolute Gasteiger partial charge is 0.0114 e. The van der Waals surface area contributed by atoms with Crippen LogP contribution in [-0.4, -0.2) is 40.6 Å². The summed E-state index contributed by atoms with van der Waals surface area (Å²) >= 11 is 0. The first-order chi connectivity index (χ1) is 12.1. The zero-order valence-electron chi connectivity index (χ0n) is 17.9. The second-order valence-corrected chi connectivity index (χ2v) is 18.5. The molecule has 2 fully saturated rings. The molecule has 0 aromatic heterocycles. The summed E-state index contributed by atoms with van der Waals surface area (Å²) < 4.78 is 0. The van der Waals surface area contributed by atoms with Gasteiger partial charge in [-0.05, 0) is 56.5 Å². The number of hydrogen-bond donors (Lipinski definition) is 0. The minimum atomic E-state index is 0.192. The summed E-state index contributed by atoms with van der Waals surface area (Å²) in [6, 6.07) is 0. The summed E-state index contributed by atoms with van der Waals surface area (Å²) in [7, 11) is 0.680. The zero-order valence-corrected chi connectivity index (χ0v) is 20.6. The maximum atomic E-state index is 2.61. The molecule has 0 aromatic carbocycles. The Morgan fingerprint density at radius 2 is 0.800 bits per heavy atom. The minimum absolute atomic E-state index is 0.192. The normalized spacial score (nSPS) is 23.5. The highest BCUT2D eigenvalue weighted by molar-refractivity contribution is 7.85. The van der Waals surface area contributed by atoms with Gasteiger partial charge in [0.05, 0.1) is 0 Å². The standard InChI is InChI=1S/C22H45P3/c1-6-23(7-2)21(17-13-11-14-18-21)25(10-5)22(24(8-3)9-4)19-15-12-16-20-22/h6-20H2,1-5H3. The van der Waals surface area contributed by atoms with E-state index in [2.05, 4.69) is 34.6 Å². The van der Waals surface area contributed by atoms with Crippen molar-refractivity contribution in [3.63, 3.8) is 0 Å². The van der Waals surface area contributed by atoms with Gasteiger partial charge in [0, 0.05) is 9.79 Å². The summed E-state index contributed by atoms with van der Waals surface area (Å²) in [5, 5.41) is 0. The number of rotatable bonds is 9. The minimum Gasteiger partial charge on any atom is -0.0964 e. The summed E-state index contributed by atoms with van der Waals surface area (Å²) in [5.74, 6) is 0. The summed E-state index contributed by atoms with van der Waals surface area (Å²) in [6.07, 6.45) is 23.2. The molecule has 0 aliphatic heterocycles. The molecule has 0 N–H and O–H groups in total. The van der Waals surface area contributed by atoms with Crippen LogP contribution >= 0.6 is 23.8 Å². The van der Waals surface area contributed by atoms with Crippen molar-refractivity contribution in [3.8, 4) is 0 Å². The molecule has 2 aliphatic rings. The van der Waals surface area contributed by atoms with Crippen molar-refractivity contribution in [3.05, 3.63) is 0 Å². The number of hydrogen-bond acceptors (Lipinski definition) is 0. The van der Waals surface area contributed by atoms with E-state index in [0.717, 1.165) is 9.79 Å². The Labute approximate surface area is 163 Å². The first-order valence-corrected chi connectivity index (χ1v) is 16.4. The highest BCUT2D eigenvalue weighted by Gasteiger charge is 2.54. The molecule has 0 aromatic rings. The Hall–Kier alpha value is 1.29. The molecule has 148 valence electrons. The van der Waals surface area contributed by atoms with E-state index in [1.54, 1.807) is 51.4 Å². The van der Waals surface area contributed by atoms with Crippen LogP contribution in [0.2, 0.25) is 0 Å². The third kappa shape index (κ3) is 4.49. The SMILES string of the molecule is CCP(CC)C1(P(CC)C2(P(CC)CC)CCCCC2)CCCCC1. The average molecular weight is 403 g/mol. The lowest BCUT2D eigenvalue weighted by Gasteiger charge is -2.60. The molecule has 0 atom stereocenters. The van der Waals surface area contributed by atoms with E-state index in [1.165, 1.54) is 43.7 Å². The van der Waals surface area contributed by atoms with Crippen molar-refractivity contribution in [1.82, 2.24) is 0 Å². The average Bonchev–Trinajstić information content (AvgIpc) is 2.66. The molecular weight excluding hydrogens is 357 g/mol. The third-order valence-electron chi connectivity index (χ3n) is 7.33. The molecule has 0 saturated heterocycles. The molecular formula is C22H45P3. The Bertz CT molecular complexity index is 327. The van der Waals surface area contributed by atoms with Crippen LogP contribution < -0.4 is 0 Å². The molecule has 2 aliphatic carbocycles. The van der Waals surface area contributed by atoms with Crippen molar-refractivity contribution < 1.29 is 0 Å². The van der Waals surface area contributed by atoms with Crippen LogP contribution in [0.15, 0.2) is 0 Å². The Morgan fingerprint density at radius 1 is 0.480 bits per heavy atom. The second kappa shape index (κ2) is 10.7. The molecule has 2 saturated carbocycles. The highest BCUT2D eigenvalue weighted by Crippen LogP contribution is 2.83. The quantitative estimate of drug-likeness (QED) is 0.338. The fourth-order valence-corrected chi connectivity index (χ4v) is 21.8. The Morgan fingerprint density at radius 3 is 1.04 bits per heavy atom. The van der Waals surface area contributed by atoms with Gasteiger partial charge in [0.25, 0.3) is 0 Å². The highest BCUT2D eigenvalue weighted by atomic mass is 31.2. The first kappa shape index (κ1) is 22.6. The fourth-order valence-electron chi connectivity index (χ4n) is 6.35. The lowest BCUT2D eigenvalue weighted by atomic mass is 9.99. The van der Waals surface area contributed by atoms with Crippen molar-refractivity contribution in [2.75, 3.05) is 30.8 Å². The van der Waals surface area contributed by atoms with Crippen LogP contribution in [0, 0.1) is 0 Å². The summed E-state index contributed by atoms with van der Waals surface area (Å²) in [4.78, 5) is 1.62. The van der Waals surface area contributed by atoms with Crippen molar-refractivity contribution in [2.45, 2.75) is 109 Å². The Balaban J connectivity index is 2.48. The molecule has 0 heterocycles. The second-order valence-electron chi connectivity index (χ2n) is 8.18. The van der Waals surface area contributed by atoms with Crippen molar-refractivity contribution in [1.29, 1.82) is 0 Å². The maximum Gasteiger partial charge on any atom is 0.0114 e. The molecule has 25 heavy (non-hydrogen) atoms. The zero-order chi connectivity index (χ0) is 18.3. The van der Waals surface area contributed by atoms with Crippen LogP contribution in [0.25, 0.3) is 0 Å². The Kier molecular flexibility index (Phi) is 9.69. The molecule has 2 rings (SSSR count). The van der Waals surface area contributed by atoms with Crippen molar-refractivity contribution in [2.24, 2.45) is 0 Å². The van der Waals surface area contributed by atoms with E-state index in [4.69, 9.17) is 0 Å². The summed E-state index contributed by atoms with van der Waals surface area (Å²) in [5.41, 5.74) is 0. The van der Waals surface area contributed by atoms with Gasteiger partial charge in [0.1, 0.15) is 0 Å². The van der Waals surface area contributed by atoms with Gasteiger partial charge in [0.2, 0.25) is 0 Å². The molecule has 3 heteroatoms. The van der Waals surface area contributed by atoms with Gasteiger partial charge in [-0.15, -0.1) is 0 Å². The van der Waals surface area contributed by atoms with E-state index in [1.807, 2.05) is 0 Å². The lowest BCUT2D eigenvalue weighted by Crippen LogP contribution is -2.41. The first-order valence-electron chi connectivity index (χ1n) is 11.4. The maximum absolute atomic E-state index is 2.61. The van der Waals surface area contributed by atoms with E-state index < -0.39 is 0 Å². The van der Waals surface area contributed by atoms with Crippen LogP contribution in [-0.2, 0) is 0 Å². The molecule has 0 unspecified atom stereocenters. The molecule has 0 amide bonds. The van der Waals surface area contributed by atoms with Gasteiger partial charge < -0.3 is 0 Å². The van der Waals surface area contributed by atoms with E-state index >= 15 is 0 Å². The molecule has 0 nitrogen and oxygen atoms in total. The fraction of sp³-hybridized carbons (Fsp3) is 1.00. The molecule has 0 radical (unpaired) electrons. The van der Waals surface area contributed by atoms with Crippen LogP contribution in [0.3, 0.4) is 0 Å². The van der Waals surface area contributed by atoms with E-state index in [9.17, 15) is 0 Å². The summed E-state index contributed by atoms with van der Waals surface area (Å²) in [6.45, 7) is 12.7. The van der Waals surface area contributed by atoms with Crippen LogP contribution in [0.5, 0.6) is 0 Å². The van der Waals surface area contributed by atoms with Gasteiger partial charge >= 0.3 is 0 Å².